The summed E-state index contributed by atoms with van der Waals surface area (Å²) in [5.74, 6) is 1.93. The van der Waals surface area contributed by atoms with Crippen molar-refractivity contribution in [3.05, 3.63) is 67.1 Å². The van der Waals surface area contributed by atoms with Gasteiger partial charge in [-0.3, -0.25) is 14.6 Å². The van der Waals surface area contributed by atoms with Gasteiger partial charge in [0.25, 0.3) is 5.91 Å². The minimum Gasteiger partial charge on any atom is -0.497 e. The molecule has 0 unspecified atom stereocenters. The van der Waals surface area contributed by atoms with Gasteiger partial charge in [0.1, 0.15) is 23.1 Å². The first-order chi connectivity index (χ1) is 15.0. The Morgan fingerprint density at radius 3 is 2.35 bits per heavy atom. The Morgan fingerprint density at radius 2 is 1.68 bits per heavy atom. The van der Waals surface area contributed by atoms with Crippen LogP contribution in [-0.4, -0.2) is 32.2 Å². The second kappa shape index (κ2) is 8.49. The SMILES string of the molecule is COc1cc(Nc2[nH]c(=O)sc2C=C2C=c3cc(OC)ccc3=NC2=O)cc(OC)c1. The van der Waals surface area contributed by atoms with E-state index in [1.54, 1.807) is 69.9 Å². The lowest BCUT2D eigenvalue weighted by Gasteiger charge is -2.10. The van der Waals surface area contributed by atoms with Crippen molar-refractivity contribution in [1.82, 2.24) is 4.98 Å². The summed E-state index contributed by atoms with van der Waals surface area (Å²) in [6, 6.07) is 10.6. The number of carbonyl (C=O) groups is 1. The van der Waals surface area contributed by atoms with Crippen molar-refractivity contribution < 1.29 is 19.0 Å². The molecule has 0 radical (unpaired) electrons. The number of methoxy groups -OCH3 is 3. The van der Waals surface area contributed by atoms with Gasteiger partial charge in [0.15, 0.2) is 0 Å². The predicted octanol–water partition coefficient (Wildman–Crippen LogP) is 2.23. The molecular weight excluding hydrogens is 418 g/mol. The third-order valence-corrected chi connectivity index (χ3v) is 5.43. The van der Waals surface area contributed by atoms with Gasteiger partial charge < -0.3 is 19.5 Å². The van der Waals surface area contributed by atoms with Gasteiger partial charge in [-0.1, -0.05) is 11.3 Å². The molecule has 9 heteroatoms. The van der Waals surface area contributed by atoms with Crippen molar-refractivity contribution >= 4 is 40.9 Å². The number of nitrogens with zero attached hydrogens (tertiary/aromatic N) is 1. The first kappa shape index (κ1) is 20.4. The van der Waals surface area contributed by atoms with E-state index >= 15 is 0 Å². The van der Waals surface area contributed by atoms with Crippen LogP contribution in [0, 0.1) is 0 Å². The largest absolute Gasteiger partial charge is 0.497 e. The number of hydrogen-bond donors (Lipinski definition) is 2. The van der Waals surface area contributed by atoms with Crippen LogP contribution in [0.15, 0.2) is 51.8 Å². The van der Waals surface area contributed by atoms with E-state index in [0.717, 1.165) is 16.6 Å². The lowest BCUT2D eigenvalue weighted by molar-refractivity contribution is -0.114. The summed E-state index contributed by atoms with van der Waals surface area (Å²) in [6.45, 7) is 0. The third-order valence-electron chi connectivity index (χ3n) is 4.60. The number of nitrogens with one attached hydrogen (secondary N) is 2. The molecule has 0 saturated heterocycles. The van der Waals surface area contributed by atoms with E-state index in [2.05, 4.69) is 15.3 Å². The smallest absolute Gasteiger partial charge is 0.306 e. The van der Waals surface area contributed by atoms with Crippen LogP contribution in [0.5, 0.6) is 17.2 Å². The summed E-state index contributed by atoms with van der Waals surface area (Å²) in [7, 11) is 4.69. The molecule has 8 nitrogen and oxygen atoms in total. The number of H-pyrrole nitrogens is 1. The van der Waals surface area contributed by atoms with Crippen molar-refractivity contribution in [2.45, 2.75) is 0 Å². The molecule has 0 aliphatic carbocycles. The molecule has 1 aliphatic heterocycles. The third kappa shape index (κ3) is 4.36. The maximum absolute atomic E-state index is 12.5. The van der Waals surface area contributed by atoms with Crippen molar-refractivity contribution in [3.63, 3.8) is 0 Å². The molecule has 2 N–H and O–H groups in total. The number of rotatable bonds is 6. The van der Waals surface area contributed by atoms with Gasteiger partial charge in [-0.15, -0.1) is 0 Å². The average Bonchev–Trinajstić information content (AvgIpc) is 3.11. The zero-order valence-electron chi connectivity index (χ0n) is 17.0. The summed E-state index contributed by atoms with van der Waals surface area (Å²) >= 11 is 0.987. The van der Waals surface area contributed by atoms with E-state index in [1.165, 1.54) is 0 Å². The number of fused-ring (bicyclic) bond motifs is 1. The fraction of sp³-hybridized carbons (Fsp3) is 0.136. The molecule has 2 heterocycles. The molecule has 158 valence electrons. The molecule has 1 aromatic heterocycles. The number of hydrogen-bond acceptors (Lipinski definition) is 7. The van der Waals surface area contributed by atoms with Gasteiger partial charge in [-0.05, 0) is 30.4 Å². The van der Waals surface area contributed by atoms with Gasteiger partial charge in [0.2, 0.25) is 0 Å². The minimum atomic E-state index is -0.382. The van der Waals surface area contributed by atoms with Crippen LogP contribution in [0.1, 0.15) is 4.88 Å². The Balaban J connectivity index is 1.74. The van der Waals surface area contributed by atoms with E-state index in [-0.39, 0.29) is 10.8 Å². The van der Waals surface area contributed by atoms with Crippen LogP contribution < -0.4 is 35.0 Å². The maximum atomic E-state index is 12.5. The van der Waals surface area contributed by atoms with Gasteiger partial charge in [0, 0.05) is 34.7 Å². The molecule has 1 amide bonds. The molecule has 0 fully saturated rings. The quantitative estimate of drug-likeness (QED) is 0.574. The normalized spacial score (nSPS) is 13.8. The molecule has 0 spiro atoms. The first-order valence-corrected chi connectivity index (χ1v) is 10.0. The highest BCUT2D eigenvalue weighted by Gasteiger charge is 2.15. The van der Waals surface area contributed by atoms with Gasteiger partial charge in [-0.2, -0.15) is 0 Å². The molecule has 1 aliphatic rings. The number of carbonyl (C=O) groups excluding carboxylic acids is 1. The van der Waals surface area contributed by atoms with Gasteiger partial charge >= 0.3 is 4.87 Å². The highest BCUT2D eigenvalue weighted by molar-refractivity contribution is 7.10. The van der Waals surface area contributed by atoms with Crippen molar-refractivity contribution in [2.75, 3.05) is 26.6 Å². The molecule has 31 heavy (non-hydrogen) atoms. The average molecular weight is 437 g/mol. The number of ether oxygens (including phenoxy) is 3. The standard InChI is InChI=1S/C22H19N3O5S/c1-28-15-4-5-18-12(7-15)6-13(21(26)24-18)8-19-20(25-22(27)31-19)23-14-9-16(29-2)11-17(10-14)30-3/h4-11,23H,1-3H3,(H,25,27). The number of benzene rings is 2. The van der Waals surface area contributed by atoms with E-state index < -0.39 is 0 Å². The predicted molar refractivity (Wildman–Crippen MR) is 119 cm³/mol. The highest BCUT2D eigenvalue weighted by Crippen LogP contribution is 2.30. The Hall–Kier alpha value is -3.85. The number of anilines is 2. The molecule has 3 aromatic rings. The lowest BCUT2D eigenvalue weighted by atomic mass is 10.1. The highest BCUT2D eigenvalue weighted by atomic mass is 32.1. The van der Waals surface area contributed by atoms with Crippen molar-refractivity contribution in [2.24, 2.45) is 4.99 Å². The summed E-state index contributed by atoms with van der Waals surface area (Å²) in [4.78, 5) is 31.8. The topological polar surface area (TPSA) is 102 Å². The molecule has 4 rings (SSSR count). The molecule has 2 aromatic carbocycles. The summed E-state index contributed by atoms with van der Waals surface area (Å²) in [6.07, 6.45) is 3.37. The van der Waals surface area contributed by atoms with Crippen LogP contribution in [-0.2, 0) is 4.79 Å². The molecule has 0 bridgehead atoms. The van der Waals surface area contributed by atoms with Gasteiger partial charge in [0.05, 0.1) is 31.6 Å². The number of aromatic nitrogens is 1. The second-order valence-corrected chi connectivity index (χ2v) is 7.58. The Morgan fingerprint density at radius 1 is 0.968 bits per heavy atom. The van der Waals surface area contributed by atoms with E-state index in [0.29, 0.717) is 44.6 Å². The Labute approximate surface area is 181 Å². The van der Waals surface area contributed by atoms with Crippen molar-refractivity contribution in [3.8, 4) is 17.2 Å². The van der Waals surface area contributed by atoms with Crippen LogP contribution in [0.4, 0.5) is 11.5 Å². The first-order valence-electron chi connectivity index (χ1n) is 9.23. The number of thiazole rings is 1. The molecule has 0 saturated carbocycles. The number of aromatic amines is 1. The fourth-order valence-corrected chi connectivity index (χ4v) is 3.83. The van der Waals surface area contributed by atoms with Gasteiger partial charge in [-0.25, -0.2) is 4.99 Å². The monoisotopic (exact) mass is 437 g/mol. The van der Waals surface area contributed by atoms with E-state index in [1.807, 2.05) is 0 Å². The summed E-state index contributed by atoms with van der Waals surface area (Å²) < 4.78 is 15.8. The minimum absolute atomic E-state index is 0.258. The maximum Gasteiger partial charge on any atom is 0.306 e. The Kier molecular flexibility index (Phi) is 5.59. The molecule has 0 atom stereocenters. The van der Waals surface area contributed by atoms with Crippen molar-refractivity contribution in [1.29, 1.82) is 0 Å². The van der Waals surface area contributed by atoms with Crippen LogP contribution >= 0.6 is 11.3 Å². The Bertz CT molecular complexity index is 1350. The second-order valence-electron chi connectivity index (χ2n) is 6.57. The van der Waals surface area contributed by atoms with Crippen LogP contribution in [0.2, 0.25) is 0 Å². The molecular formula is C22H19N3O5S. The van der Waals surface area contributed by atoms with Crippen LogP contribution in [0.25, 0.3) is 12.2 Å². The summed E-state index contributed by atoms with van der Waals surface area (Å²) in [5.41, 5.74) is 1.02. The lowest BCUT2D eigenvalue weighted by Crippen LogP contribution is -2.30. The zero-order valence-corrected chi connectivity index (χ0v) is 17.8. The van der Waals surface area contributed by atoms with Crippen LogP contribution in [0.3, 0.4) is 0 Å². The van der Waals surface area contributed by atoms with E-state index in [4.69, 9.17) is 14.2 Å². The zero-order chi connectivity index (χ0) is 22.0. The number of amides is 1. The fourth-order valence-electron chi connectivity index (χ4n) is 3.08. The van der Waals surface area contributed by atoms with E-state index in [9.17, 15) is 9.59 Å². The summed E-state index contributed by atoms with van der Waals surface area (Å²) in [5, 5.41) is 4.50.